The maximum atomic E-state index is 13.0. The van der Waals surface area contributed by atoms with Gasteiger partial charge < -0.3 is 9.80 Å². The van der Waals surface area contributed by atoms with Crippen molar-refractivity contribution in [3.05, 3.63) is 59.4 Å². The molecule has 1 aromatic heterocycles. The molecule has 1 fully saturated rings. The lowest BCUT2D eigenvalue weighted by Gasteiger charge is -2.29. The zero-order valence-corrected chi connectivity index (χ0v) is 16.2. The van der Waals surface area contributed by atoms with E-state index in [4.69, 9.17) is 0 Å². The van der Waals surface area contributed by atoms with Gasteiger partial charge in [-0.25, -0.2) is 8.42 Å². The van der Waals surface area contributed by atoms with Gasteiger partial charge in [0.15, 0.2) is 9.84 Å². The number of benzene rings is 1. The molecule has 6 nitrogen and oxygen atoms in total. The molecule has 1 unspecified atom stereocenters. The van der Waals surface area contributed by atoms with Crippen LogP contribution in [0.1, 0.15) is 28.0 Å². The van der Waals surface area contributed by atoms with Crippen molar-refractivity contribution in [2.75, 3.05) is 30.0 Å². The molecule has 1 atom stereocenters. The molecule has 0 spiro atoms. The first-order chi connectivity index (χ1) is 12.9. The topological polar surface area (TPSA) is 70.6 Å². The van der Waals surface area contributed by atoms with Crippen molar-refractivity contribution >= 4 is 21.4 Å². The van der Waals surface area contributed by atoms with E-state index in [1.807, 2.05) is 35.0 Å². The highest BCUT2D eigenvalue weighted by atomic mass is 32.2. The molecule has 27 heavy (non-hydrogen) atoms. The number of nitrogens with zero attached hydrogens (tertiary/aromatic N) is 3. The molecule has 4 rings (SSSR count). The van der Waals surface area contributed by atoms with E-state index in [1.54, 1.807) is 12.3 Å². The molecule has 1 amide bonds. The highest BCUT2D eigenvalue weighted by molar-refractivity contribution is 7.91. The molecule has 0 saturated carbocycles. The second-order valence-electron chi connectivity index (χ2n) is 7.31. The summed E-state index contributed by atoms with van der Waals surface area (Å²) in [5, 5.41) is 0. The summed E-state index contributed by atoms with van der Waals surface area (Å²) in [6, 6.07) is 11.7. The summed E-state index contributed by atoms with van der Waals surface area (Å²) in [4.78, 5) is 21.0. The van der Waals surface area contributed by atoms with Crippen molar-refractivity contribution < 1.29 is 13.2 Å². The van der Waals surface area contributed by atoms with Gasteiger partial charge >= 0.3 is 0 Å². The minimum absolute atomic E-state index is 0.0535. The van der Waals surface area contributed by atoms with Crippen molar-refractivity contribution in [1.82, 2.24) is 9.88 Å². The third-order valence-electron chi connectivity index (χ3n) is 5.54. The fourth-order valence-electron chi connectivity index (χ4n) is 3.88. The van der Waals surface area contributed by atoms with Gasteiger partial charge in [0.1, 0.15) is 5.69 Å². The lowest BCUT2D eigenvalue weighted by atomic mass is 10.00. The molecule has 142 valence electrons. The summed E-state index contributed by atoms with van der Waals surface area (Å²) in [6.07, 6.45) is 3.09. The number of pyridine rings is 1. The molecule has 2 aromatic rings. The first kappa shape index (κ1) is 18.0. The van der Waals surface area contributed by atoms with Gasteiger partial charge in [0, 0.05) is 38.1 Å². The molecule has 1 saturated heterocycles. The predicted molar refractivity (Wildman–Crippen MR) is 105 cm³/mol. The van der Waals surface area contributed by atoms with Gasteiger partial charge in [0.2, 0.25) is 0 Å². The minimum atomic E-state index is -2.95. The number of carbonyl (C=O) groups is 1. The van der Waals surface area contributed by atoms with Crippen LogP contribution in [0.5, 0.6) is 0 Å². The maximum Gasteiger partial charge on any atom is 0.272 e. The Morgan fingerprint density at radius 3 is 2.74 bits per heavy atom. The van der Waals surface area contributed by atoms with Crippen molar-refractivity contribution in [1.29, 1.82) is 0 Å². The highest BCUT2D eigenvalue weighted by Gasteiger charge is 2.31. The monoisotopic (exact) mass is 385 g/mol. The second kappa shape index (κ2) is 6.96. The molecule has 7 heteroatoms. The molecule has 0 aliphatic carbocycles. The standard InChI is InChI=1S/C20H23N3O3S/c1-22(18-8-11-27(25,26)14-18)17-6-9-21-19(12-17)20(24)23-10-7-15-4-2-3-5-16(15)13-23/h2-6,9,12,18H,7-8,10-11,13-14H2,1H3. The van der Waals surface area contributed by atoms with Crippen LogP contribution in [0, 0.1) is 0 Å². The van der Waals surface area contributed by atoms with E-state index in [1.165, 1.54) is 11.1 Å². The Bertz CT molecular complexity index is 974. The van der Waals surface area contributed by atoms with E-state index in [0.29, 0.717) is 25.2 Å². The van der Waals surface area contributed by atoms with Gasteiger partial charge in [-0.05, 0) is 36.1 Å². The van der Waals surface area contributed by atoms with Gasteiger partial charge in [-0.3, -0.25) is 9.78 Å². The Kier molecular flexibility index (Phi) is 4.63. The molecular weight excluding hydrogens is 362 g/mol. The van der Waals surface area contributed by atoms with E-state index >= 15 is 0 Å². The van der Waals surface area contributed by atoms with E-state index in [-0.39, 0.29) is 23.5 Å². The number of hydrogen-bond acceptors (Lipinski definition) is 5. The minimum Gasteiger partial charge on any atom is -0.370 e. The summed E-state index contributed by atoms with van der Waals surface area (Å²) < 4.78 is 23.5. The fourth-order valence-corrected chi connectivity index (χ4v) is 5.65. The van der Waals surface area contributed by atoms with E-state index in [9.17, 15) is 13.2 Å². The third-order valence-corrected chi connectivity index (χ3v) is 7.29. The molecule has 0 bridgehead atoms. The van der Waals surface area contributed by atoms with E-state index in [0.717, 1.165) is 12.1 Å². The summed E-state index contributed by atoms with van der Waals surface area (Å²) in [7, 11) is -1.07. The summed E-state index contributed by atoms with van der Waals surface area (Å²) >= 11 is 0. The summed E-state index contributed by atoms with van der Waals surface area (Å²) in [6.45, 7) is 1.27. The lowest BCUT2D eigenvalue weighted by molar-refractivity contribution is 0.0729. The van der Waals surface area contributed by atoms with Crippen molar-refractivity contribution in [3.63, 3.8) is 0 Å². The Hall–Kier alpha value is -2.41. The first-order valence-electron chi connectivity index (χ1n) is 9.18. The molecule has 2 aliphatic heterocycles. The fraction of sp³-hybridized carbons (Fsp3) is 0.400. The number of aromatic nitrogens is 1. The number of hydrogen-bond donors (Lipinski definition) is 0. The quantitative estimate of drug-likeness (QED) is 0.807. The normalized spacial score (nSPS) is 20.9. The molecule has 1 aromatic carbocycles. The average molecular weight is 385 g/mol. The predicted octanol–water partition coefficient (Wildman–Crippen LogP) is 1.90. The molecule has 3 heterocycles. The van der Waals surface area contributed by atoms with Crippen LogP contribution in [-0.2, 0) is 22.8 Å². The molecule has 0 N–H and O–H groups in total. The average Bonchev–Trinajstić information content (AvgIpc) is 3.06. The summed E-state index contributed by atoms with van der Waals surface area (Å²) in [5.41, 5.74) is 3.71. The van der Waals surface area contributed by atoms with Crippen LogP contribution in [0.4, 0.5) is 5.69 Å². The zero-order chi connectivity index (χ0) is 19.0. The summed E-state index contributed by atoms with van der Waals surface area (Å²) in [5.74, 6) is 0.308. The Balaban J connectivity index is 1.52. The van der Waals surface area contributed by atoms with Crippen LogP contribution in [-0.4, -0.2) is 55.3 Å². The van der Waals surface area contributed by atoms with Crippen LogP contribution in [0.25, 0.3) is 0 Å². The van der Waals surface area contributed by atoms with Crippen molar-refractivity contribution in [2.24, 2.45) is 0 Å². The first-order valence-corrected chi connectivity index (χ1v) is 11.0. The Morgan fingerprint density at radius 1 is 1.22 bits per heavy atom. The van der Waals surface area contributed by atoms with Crippen LogP contribution in [0.3, 0.4) is 0 Å². The second-order valence-corrected chi connectivity index (χ2v) is 9.54. The van der Waals surface area contributed by atoms with E-state index < -0.39 is 9.84 Å². The Labute approximate surface area is 159 Å². The Morgan fingerprint density at radius 2 is 2.00 bits per heavy atom. The molecule has 0 radical (unpaired) electrons. The van der Waals surface area contributed by atoms with Crippen molar-refractivity contribution in [2.45, 2.75) is 25.4 Å². The third kappa shape index (κ3) is 3.69. The van der Waals surface area contributed by atoms with Gasteiger partial charge in [-0.2, -0.15) is 0 Å². The van der Waals surface area contributed by atoms with Gasteiger partial charge in [-0.1, -0.05) is 24.3 Å². The van der Waals surface area contributed by atoms with Crippen LogP contribution < -0.4 is 4.90 Å². The molecule has 2 aliphatic rings. The molecular formula is C20H23N3O3S. The van der Waals surface area contributed by atoms with Crippen molar-refractivity contribution in [3.8, 4) is 0 Å². The zero-order valence-electron chi connectivity index (χ0n) is 15.3. The van der Waals surface area contributed by atoms with Crippen LogP contribution in [0.2, 0.25) is 0 Å². The van der Waals surface area contributed by atoms with Gasteiger partial charge in [0.25, 0.3) is 5.91 Å². The van der Waals surface area contributed by atoms with Crippen LogP contribution in [0.15, 0.2) is 42.6 Å². The largest absolute Gasteiger partial charge is 0.370 e. The maximum absolute atomic E-state index is 13.0. The van der Waals surface area contributed by atoms with E-state index in [2.05, 4.69) is 17.1 Å². The van der Waals surface area contributed by atoms with Gasteiger partial charge in [0.05, 0.1) is 11.5 Å². The number of carbonyl (C=O) groups excluding carboxylic acids is 1. The number of rotatable bonds is 3. The van der Waals surface area contributed by atoms with Gasteiger partial charge in [-0.15, -0.1) is 0 Å². The number of fused-ring (bicyclic) bond motifs is 1. The van der Waals surface area contributed by atoms with Crippen LogP contribution >= 0.6 is 0 Å². The SMILES string of the molecule is CN(c1ccnc(C(=O)N2CCc3ccccc3C2)c1)C1CCS(=O)(=O)C1. The number of sulfone groups is 1. The highest BCUT2D eigenvalue weighted by Crippen LogP contribution is 2.24. The number of anilines is 1. The lowest BCUT2D eigenvalue weighted by Crippen LogP contribution is -2.37. The smallest absolute Gasteiger partial charge is 0.272 e. The number of amides is 1.